The maximum absolute atomic E-state index is 6.11. The molecule has 0 amide bonds. The fraction of sp³-hybridized carbons (Fsp3) is 0.235. The van der Waals surface area contributed by atoms with Gasteiger partial charge in [0.15, 0.2) is 0 Å². The van der Waals surface area contributed by atoms with Crippen molar-refractivity contribution in [3.8, 4) is 5.75 Å². The summed E-state index contributed by atoms with van der Waals surface area (Å²) in [5.74, 6) is 1.65. The molecule has 3 nitrogen and oxygen atoms in total. The average Bonchev–Trinajstić information content (AvgIpc) is 2.84. The van der Waals surface area contributed by atoms with Crippen LogP contribution in [-0.4, -0.2) is 9.55 Å². The summed E-state index contributed by atoms with van der Waals surface area (Å²) in [6.07, 6.45) is 0. The van der Waals surface area contributed by atoms with E-state index in [1.54, 1.807) is 0 Å². The highest BCUT2D eigenvalue weighted by Gasteiger charge is 2.14. The zero-order chi connectivity index (χ0) is 15.7. The van der Waals surface area contributed by atoms with Crippen LogP contribution in [0.2, 0.25) is 10.0 Å². The normalized spacial score (nSPS) is 11.3. The molecule has 3 aromatic rings. The Morgan fingerprint density at radius 2 is 1.73 bits per heavy atom. The lowest BCUT2D eigenvalue weighted by Gasteiger charge is -2.13. The van der Waals surface area contributed by atoms with Gasteiger partial charge in [-0.3, -0.25) is 0 Å². The van der Waals surface area contributed by atoms with Gasteiger partial charge >= 0.3 is 0 Å². The van der Waals surface area contributed by atoms with Crippen LogP contribution in [0.4, 0.5) is 0 Å². The monoisotopic (exact) mass is 334 g/mol. The number of halogens is 2. The van der Waals surface area contributed by atoms with Gasteiger partial charge in [-0.05, 0) is 56.3 Å². The molecule has 1 aromatic heterocycles. The molecule has 0 aliphatic rings. The van der Waals surface area contributed by atoms with Crippen molar-refractivity contribution < 1.29 is 4.74 Å². The number of imidazole rings is 1. The average molecular weight is 335 g/mol. The molecule has 0 radical (unpaired) electrons. The van der Waals surface area contributed by atoms with Crippen molar-refractivity contribution in [1.82, 2.24) is 9.55 Å². The van der Waals surface area contributed by atoms with Crippen LogP contribution in [0.15, 0.2) is 42.5 Å². The summed E-state index contributed by atoms with van der Waals surface area (Å²) in [7, 11) is 0. The molecule has 114 valence electrons. The van der Waals surface area contributed by atoms with E-state index >= 15 is 0 Å². The Kier molecular flexibility index (Phi) is 4.27. The maximum Gasteiger partial charge on any atom is 0.148 e. The summed E-state index contributed by atoms with van der Waals surface area (Å²) in [6, 6.07) is 13.3. The van der Waals surface area contributed by atoms with E-state index in [9.17, 15) is 0 Å². The predicted octanol–water partition coefficient (Wildman–Crippen LogP) is 5.50. The van der Waals surface area contributed by atoms with Gasteiger partial charge in [0.25, 0.3) is 0 Å². The third kappa shape index (κ3) is 3.06. The van der Waals surface area contributed by atoms with Gasteiger partial charge in [-0.2, -0.15) is 0 Å². The minimum Gasteiger partial charge on any atom is -0.486 e. The molecule has 1 heterocycles. The van der Waals surface area contributed by atoms with Gasteiger partial charge in [-0.25, -0.2) is 4.98 Å². The molecule has 0 saturated heterocycles. The largest absolute Gasteiger partial charge is 0.486 e. The van der Waals surface area contributed by atoms with Crippen LogP contribution in [0.1, 0.15) is 25.7 Å². The predicted molar refractivity (Wildman–Crippen MR) is 90.9 cm³/mol. The van der Waals surface area contributed by atoms with Crippen LogP contribution in [-0.2, 0) is 6.61 Å². The van der Waals surface area contributed by atoms with Gasteiger partial charge in [0.1, 0.15) is 18.2 Å². The first-order valence-electron chi connectivity index (χ1n) is 7.09. The second kappa shape index (κ2) is 6.19. The first-order valence-corrected chi connectivity index (χ1v) is 7.85. The Labute approximate surface area is 139 Å². The van der Waals surface area contributed by atoms with Crippen LogP contribution < -0.4 is 4.74 Å². The van der Waals surface area contributed by atoms with E-state index in [1.165, 1.54) is 0 Å². The van der Waals surface area contributed by atoms with E-state index in [1.807, 2.05) is 42.5 Å². The lowest BCUT2D eigenvalue weighted by atomic mass is 10.3. The molecule has 0 fully saturated rings. The highest BCUT2D eigenvalue weighted by molar-refractivity contribution is 6.31. The van der Waals surface area contributed by atoms with Crippen LogP contribution in [0.25, 0.3) is 11.0 Å². The molecule has 5 heteroatoms. The number of benzene rings is 2. The van der Waals surface area contributed by atoms with Crippen LogP contribution in [0.3, 0.4) is 0 Å². The van der Waals surface area contributed by atoms with E-state index in [0.717, 1.165) is 22.6 Å². The third-order valence-electron chi connectivity index (χ3n) is 3.42. The van der Waals surface area contributed by atoms with Crippen molar-refractivity contribution in [1.29, 1.82) is 0 Å². The SMILES string of the molecule is CC(C)n1c(COc2ccc(Cl)cc2)nc2ccc(Cl)cc21. The van der Waals surface area contributed by atoms with Gasteiger partial charge in [-0.15, -0.1) is 0 Å². The fourth-order valence-corrected chi connectivity index (χ4v) is 2.77. The maximum atomic E-state index is 6.11. The number of hydrogen-bond acceptors (Lipinski definition) is 2. The molecule has 0 bridgehead atoms. The molecule has 3 rings (SSSR count). The summed E-state index contributed by atoms with van der Waals surface area (Å²) in [5, 5.41) is 1.40. The van der Waals surface area contributed by atoms with Gasteiger partial charge in [0, 0.05) is 16.1 Å². The van der Waals surface area contributed by atoms with E-state index in [-0.39, 0.29) is 6.04 Å². The number of nitrogens with zero attached hydrogens (tertiary/aromatic N) is 2. The zero-order valence-electron chi connectivity index (χ0n) is 12.4. The highest BCUT2D eigenvalue weighted by atomic mass is 35.5. The summed E-state index contributed by atoms with van der Waals surface area (Å²) in [4.78, 5) is 4.66. The fourth-order valence-electron chi connectivity index (χ4n) is 2.47. The molecule has 0 spiro atoms. The number of rotatable bonds is 4. The number of aromatic nitrogens is 2. The van der Waals surface area contributed by atoms with Crippen molar-refractivity contribution in [3.05, 3.63) is 58.3 Å². The highest BCUT2D eigenvalue weighted by Crippen LogP contribution is 2.25. The third-order valence-corrected chi connectivity index (χ3v) is 3.91. The molecule has 0 aliphatic carbocycles. The molecule has 0 N–H and O–H groups in total. The lowest BCUT2D eigenvalue weighted by molar-refractivity contribution is 0.287. The topological polar surface area (TPSA) is 27.1 Å². The summed E-state index contributed by atoms with van der Waals surface area (Å²) in [6.45, 7) is 4.63. The van der Waals surface area contributed by atoms with Gasteiger partial charge in [-0.1, -0.05) is 23.2 Å². The molecule has 0 atom stereocenters. The van der Waals surface area contributed by atoms with E-state index in [4.69, 9.17) is 27.9 Å². The van der Waals surface area contributed by atoms with Gasteiger partial charge < -0.3 is 9.30 Å². The van der Waals surface area contributed by atoms with E-state index in [2.05, 4.69) is 23.4 Å². The van der Waals surface area contributed by atoms with Crippen LogP contribution >= 0.6 is 23.2 Å². The summed E-state index contributed by atoms with van der Waals surface area (Å²) >= 11 is 12.0. The molecule has 0 aliphatic heterocycles. The van der Waals surface area contributed by atoms with Crippen molar-refractivity contribution in [3.63, 3.8) is 0 Å². The van der Waals surface area contributed by atoms with Gasteiger partial charge in [0.05, 0.1) is 11.0 Å². The van der Waals surface area contributed by atoms with Crippen molar-refractivity contribution in [2.45, 2.75) is 26.5 Å². The van der Waals surface area contributed by atoms with E-state index in [0.29, 0.717) is 16.7 Å². The molecule has 2 aromatic carbocycles. The smallest absolute Gasteiger partial charge is 0.148 e. The first-order chi connectivity index (χ1) is 10.5. The molecule has 0 unspecified atom stereocenters. The Balaban J connectivity index is 1.92. The second-order valence-electron chi connectivity index (χ2n) is 5.37. The van der Waals surface area contributed by atoms with Crippen LogP contribution in [0.5, 0.6) is 5.75 Å². The van der Waals surface area contributed by atoms with Crippen molar-refractivity contribution in [2.24, 2.45) is 0 Å². The van der Waals surface area contributed by atoms with Crippen molar-refractivity contribution >= 4 is 34.2 Å². The van der Waals surface area contributed by atoms with Gasteiger partial charge in [0.2, 0.25) is 0 Å². The molecular formula is C17H16Cl2N2O. The lowest BCUT2D eigenvalue weighted by Crippen LogP contribution is -2.09. The number of ether oxygens (including phenoxy) is 1. The Bertz CT molecular complexity index is 794. The molecule has 0 saturated carbocycles. The summed E-state index contributed by atoms with van der Waals surface area (Å²) in [5.41, 5.74) is 1.95. The Morgan fingerprint density at radius 1 is 1.05 bits per heavy atom. The first kappa shape index (κ1) is 15.2. The number of hydrogen-bond donors (Lipinski definition) is 0. The Hall–Kier alpha value is -1.71. The Morgan fingerprint density at radius 3 is 2.41 bits per heavy atom. The number of fused-ring (bicyclic) bond motifs is 1. The van der Waals surface area contributed by atoms with E-state index < -0.39 is 0 Å². The quantitative estimate of drug-likeness (QED) is 0.629. The standard InChI is InChI=1S/C17H16Cl2N2O/c1-11(2)21-16-9-13(19)5-8-15(16)20-17(21)10-22-14-6-3-12(18)4-7-14/h3-9,11H,10H2,1-2H3. The second-order valence-corrected chi connectivity index (χ2v) is 6.24. The minimum absolute atomic E-state index is 0.271. The van der Waals surface area contributed by atoms with Crippen LogP contribution in [0, 0.1) is 0 Å². The molecule has 22 heavy (non-hydrogen) atoms. The molecular weight excluding hydrogens is 319 g/mol. The zero-order valence-corrected chi connectivity index (χ0v) is 13.9. The summed E-state index contributed by atoms with van der Waals surface area (Å²) < 4.78 is 7.97. The minimum atomic E-state index is 0.271. The van der Waals surface area contributed by atoms with Crippen molar-refractivity contribution in [2.75, 3.05) is 0 Å².